The van der Waals surface area contributed by atoms with Crippen LogP contribution in [0.5, 0.6) is 0 Å². The molecule has 0 aromatic heterocycles. The number of nitrogens with zero attached hydrogens (tertiary/aromatic N) is 1. The summed E-state index contributed by atoms with van der Waals surface area (Å²) < 4.78 is 26.2. The van der Waals surface area contributed by atoms with E-state index in [1.54, 1.807) is 4.90 Å². The number of piperidine rings is 1. The Labute approximate surface area is 78.1 Å². The van der Waals surface area contributed by atoms with Crippen LogP contribution in [0.1, 0.15) is 27.2 Å². The van der Waals surface area contributed by atoms with Crippen molar-refractivity contribution in [3.05, 3.63) is 0 Å². The number of nitrogens with two attached hydrogens (primary N) is 1. The quantitative estimate of drug-likeness (QED) is 0.629. The summed E-state index contributed by atoms with van der Waals surface area (Å²) in [6.45, 7) is 6.20. The smallest absolute Gasteiger partial charge is 0.262 e. The summed E-state index contributed by atoms with van der Waals surface area (Å²) in [7, 11) is 0. The third-order valence-corrected chi connectivity index (χ3v) is 2.39. The van der Waals surface area contributed by atoms with Crippen LogP contribution in [0.25, 0.3) is 0 Å². The Bertz CT molecular complexity index is 187. The standard InChI is InChI=1S/C9H18F2N2/c1-8(2,3)13-5-7(12)4-9(10,11)6-13/h7H,4-6,12H2,1-3H3/t7-/m0/s1. The molecule has 1 heterocycles. The minimum Gasteiger partial charge on any atom is -0.326 e. The number of alkyl halides is 2. The third-order valence-electron chi connectivity index (χ3n) is 2.39. The van der Waals surface area contributed by atoms with Gasteiger partial charge in [0, 0.05) is 24.5 Å². The van der Waals surface area contributed by atoms with E-state index < -0.39 is 12.0 Å². The maximum atomic E-state index is 13.1. The van der Waals surface area contributed by atoms with E-state index in [2.05, 4.69) is 0 Å². The number of likely N-dealkylation sites (tertiary alicyclic amines) is 1. The fraction of sp³-hybridized carbons (Fsp3) is 1.00. The van der Waals surface area contributed by atoms with Gasteiger partial charge in [-0.05, 0) is 20.8 Å². The van der Waals surface area contributed by atoms with Crippen LogP contribution in [0.4, 0.5) is 8.78 Å². The van der Waals surface area contributed by atoms with Gasteiger partial charge in [0.05, 0.1) is 6.54 Å². The van der Waals surface area contributed by atoms with Gasteiger partial charge >= 0.3 is 0 Å². The highest BCUT2D eigenvalue weighted by Crippen LogP contribution is 2.29. The predicted molar refractivity (Wildman–Crippen MR) is 48.9 cm³/mol. The normalized spacial score (nSPS) is 30.5. The van der Waals surface area contributed by atoms with E-state index >= 15 is 0 Å². The van der Waals surface area contributed by atoms with Gasteiger partial charge in [-0.1, -0.05) is 0 Å². The Balaban J connectivity index is 2.69. The Morgan fingerprint density at radius 2 is 1.92 bits per heavy atom. The van der Waals surface area contributed by atoms with E-state index in [1.807, 2.05) is 20.8 Å². The second-order valence-electron chi connectivity index (χ2n) is 4.87. The van der Waals surface area contributed by atoms with Gasteiger partial charge in [-0.2, -0.15) is 0 Å². The minimum atomic E-state index is -2.62. The number of rotatable bonds is 0. The van der Waals surface area contributed by atoms with Crippen molar-refractivity contribution in [2.24, 2.45) is 5.73 Å². The molecule has 1 saturated heterocycles. The average Bonchev–Trinajstić information content (AvgIpc) is 1.79. The molecule has 2 nitrogen and oxygen atoms in total. The van der Waals surface area contributed by atoms with E-state index in [1.165, 1.54) is 0 Å². The fourth-order valence-electron chi connectivity index (χ4n) is 1.65. The van der Waals surface area contributed by atoms with E-state index in [0.717, 1.165) is 0 Å². The van der Waals surface area contributed by atoms with Crippen LogP contribution in [0.3, 0.4) is 0 Å². The molecule has 78 valence electrons. The maximum absolute atomic E-state index is 13.1. The minimum absolute atomic E-state index is 0.163. The lowest BCUT2D eigenvalue weighted by Crippen LogP contribution is -2.58. The van der Waals surface area contributed by atoms with E-state index in [-0.39, 0.29) is 18.5 Å². The summed E-state index contributed by atoms with van der Waals surface area (Å²) in [5, 5.41) is 0. The summed E-state index contributed by atoms with van der Waals surface area (Å²) >= 11 is 0. The van der Waals surface area contributed by atoms with Crippen LogP contribution in [0, 0.1) is 0 Å². The molecule has 0 bridgehead atoms. The maximum Gasteiger partial charge on any atom is 0.262 e. The fourth-order valence-corrected chi connectivity index (χ4v) is 1.65. The van der Waals surface area contributed by atoms with Gasteiger partial charge in [0.25, 0.3) is 5.92 Å². The topological polar surface area (TPSA) is 29.3 Å². The third kappa shape index (κ3) is 2.88. The second-order valence-corrected chi connectivity index (χ2v) is 4.87. The van der Waals surface area contributed by atoms with E-state index in [0.29, 0.717) is 6.54 Å². The van der Waals surface area contributed by atoms with E-state index in [4.69, 9.17) is 5.73 Å². The van der Waals surface area contributed by atoms with Crippen LogP contribution in [0.15, 0.2) is 0 Å². The first-order valence-electron chi connectivity index (χ1n) is 4.59. The molecule has 0 saturated carbocycles. The first-order valence-corrected chi connectivity index (χ1v) is 4.59. The lowest BCUT2D eigenvalue weighted by molar-refractivity contribution is -0.0925. The van der Waals surface area contributed by atoms with Crippen molar-refractivity contribution in [3.8, 4) is 0 Å². The van der Waals surface area contributed by atoms with Crippen LogP contribution < -0.4 is 5.73 Å². The molecule has 0 aromatic carbocycles. The highest BCUT2D eigenvalue weighted by Gasteiger charge is 2.42. The Morgan fingerprint density at radius 3 is 2.31 bits per heavy atom. The van der Waals surface area contributed by atoms with Gasteiger partial charge in [0.2, 0.25) is 0 Å². The van der Waals surface area contributed by atoms with Gasteiger partial charge in [-0.15, -0.1) is 0 Å². The predicted octanol–water partition coefficient (Wildman–Crippen LogP) is 1.45. The number of hydrogen-bond acceptors (Lipinski definition) is 2. The van der Waals surface area contributed by atoms with Crippen molar-refractivity contribution in [1.29, 1.82) is 0 Å². The summed E-state index contributed by atoms with van der Waals surface area (Å²) in [5.74, 6) is -2.62. The number of hydrogen-bond donors (Lipinski definition) is 1. The molecular weight excluding hydrogens is 174 g/mol. The van der Waals surface area contributed by atoms with Gasteiger partial charge < -0.3 is 5.73 Å². The first kappa shape index (κ1) is 10.9. The van der Waals surface area contributed by atoms with Crippen molar-refractivity contribution in [3.63, 3.8) is 0 Å². The van der Waals surface area contributed by atoms with Crippen LogP contribution >= 0.6 is 0 Å². The summed E-state index contributed by atoms with van der Waals surface area (Å²) in [6.07, 6.45) is -0.181. The molecule has 1 aliphatic heterocycles. The van der Waals surface area contributed by atoms with Gasteiger partial charge in [0.1, 0.15) is 0 Å². The van der Waals surface area contributed by atoms with Crippen LogP contribution in [-0.4, -0.2) is 35.5 Å². The highest BCUT2D eigenvalue weighted by molar-refractivity contribution is 4.91. The molecule has 1 rings (SSSR count). The summed E-state index contributed by atoms with van der Waals surface area (Å²) in [4.78, 5) is 1.75. The average molecular weight is 192 g/mol. The zero-order chi connectivity index (χ0) is 10.3. The number of halogens is 2. The molecule has 0 aromatic rings. The molecular formula is C9H18F2N2. The molecule has 2 N–H and O–H groups in total. The SMILES string of the molecule is CC(C)(C)N1C[C@@H](N)CC(F)(F)C1. The molecule has 1 aliphatic rings. The Hall–Kier alpha value is -0.220. The molecule has 13 heavy (non-hydrogen) atoms. The highest BCUT2D eigenvalue weighted by atomic mass is 19.3. The summed E-state index contributed by atoms with van der Waals surface area (Å²) in [5.41, 5.74) is 5.36. The van der Waals surface area contributed by atoms with Gasteiger partial charge in [-0.25, -0.2) is 8.78 Å². The van der Waals surface area contributed by atoms with Crippen molar-refractivity contribution < 1.29 is 8.78 Å². The van der Waals surface area contributed by atoms with Crippen LogP contribution in [0.2, 0.25) is 0 Å². The Kier molecular flexibility index (Phi) is 2.65. The molecule has 0 aliphatic carbocycles. The summed E-state index contributed by atoms with van der Waals surface area (Å²) in [6, 6.07) is -0.400. The lowest BCUT2D eigenvalue weighted by atomic mass is 9.96. The van der Waals surface area contributed by atoms with Crippen molar-refractivity contribution in [2.45, 2.75) is 44.7 Å². The molecule has 0 spiro atoms. The second kappa shape index (κ2) is 3.17. The first-order chi connectivity index (χ1) is 5.71. The van der Waals surface area contributed by atoms with Gasteiger partial charge in [-0.3, -0.25) is 4.90 Å². The molecule has 1 atom stereocenters. The van der Waals surface area contributed by atoms with E-state index in [9.17, 15) is 8.78 Å². The zero-order valence-corrected chi connectivity index (χ0v) is 8.48. The molecule has 0 amide bonds. The molecule has 0 radical (unpaired) electrons. The monoisotopic (exact) mass is 192 g/mol. The Morgan fingerprint density at radius 1 is 1.38 bits per heavy atom. The molecule has 0 unspecified atom stereocenters. The molecule has 1 fully saturated rings. The van der Waals surface area contributed by atoms with Crippen LogP contribution in [-0.2, 0) is 0 Å². The van der Waals surface area contributed by atoms with Crippen molar-refractivity contribution in [2.75, 3.05) is 13.1 Å². The van der Waals surface area contributed by atoms with Crippen molar-refractivity contribution >= 4 is 0 Å². The zero-order valence-electron chi connectivity index (χ0n) is 8.48. The largest absolute Gasteiger partial charge is 0.326 e. The van der Waals surface area contributed by atoms with Gasteiger partial charge in [0.15, 0.2) is 0 Å². The lowest BCUT2D eigenvalue weighted by Gasteiger charge is -2.43. The van der Waals surface area contributed by atoms with Crippen molar-refractivity contribution in [1.82, 2.24) is 4.90 Å². The molecule has 4 heteroatoms.